The molecule has 2 heteroatoms. The van der Waals surface area contributed by atoms with Crippen LogP contribution < -0.4 is 5.73 Å². The third-order valence-corrected chi connectivity index (χ3v) is 1.29. The molecule has 1 aliphatic rings. The molecule has 1 unspecified atom stereocenters. The molecule has 0 bridgehead atoms. The number of ether oxygens (including phenoxy) is 1. The van der Waals surface area contributed by atoms with Crippen molar-refractivity contribution in [2.75, 3.05) is 0 Å². The molecule has 1 heterocycles. The van der Waals surface area contributed by atoms with Gasteiger partial charge in [-0.15, -0.1) is 0 Å². The van der Waals surface area contributed by atoms with E-state index in [-0.39, 0.29) is 6.10 Å². The van der Waals surface area contributed by atoms with Crippen molar-refractivity contribution < 1.29 is 4.74 Å². The molecule has 0 aromatic heterocycles. The fraction of sp³-hybridized carbons (Fsp3) is 0.429. The maximum Gasteiger partial charge on any atom is 0.118 e. The molecule has 1 aliphatic heterocycles. The molecular formula is C7H11NO. The zero-order chi connectivity index (χ0) is 6.69. The summed E-state index contributed by atoms with van der Waals surface area (Å²) in [5.41, 5.74) is 6.29. The summed E-state index contributed by atoms with van der Waals surface area (Å²) in [6, 6.07) is 0. The van der Waals surface area contributed by atoms with Crippen LogP contribution in [0.25, 0.3) is 0 Å². The average Bonchev–Trinajstić information content (AvgIpc) is 1.88. The first kappa shape index (κ1) is 6.20. The Morgan fingerprint density at radius 3 is 3.00 bits per heavy atom. The van der Waals surface area contributed by atoms with Crippen LogP contribution in [0.2, 0.25) is 0 Å². The maximum atomic E-state index is 5.50. The van der Waals surface area contributed by atoms with E-state index in [1.54, 1.807) is 12.3 Å². The molecule has 0 amide bonds. The highest BCUT2D eigenvalue weighted by atomic mass is 16.5. The van der Waals surface area contributed by atoms with Crippen LogP contribution in [-0.4, -0.2) is 6.10 Å². The molecule has 2 N–H and O–H groups in total. The third-order valence-electron chi connectivity index (χ3n) is 1.29. The minimum absolute atomic E-state index is 0.190. The number of hydrogen-bond donors (Lipinski definition) is 1. The smallest absolute Gasteiger partial charge is 0.118 e. The minimum Gasteiger partial charge on any atom is -0.494 e. The second kappa shape index (κ2) is 2.58. The van der Waals surface area contributed by atoms with E-state index in [0.29, 0.717) is 0 Å². The third kappa shape index (κ3) is 1.49. The Labute approximate surface area is 55.0 Å². The van der Waals surface area contributed by atoms with Crippen molar-refractivity contribution in [1.82, 2.24) is 0 Å². The van der Waals surface area contributed by atoms with Crippen molar-refractivity contribution in [2.45, 2.75) is 19.4 Å². The lowest BCUT2D eigenvalue weighted by molar-refractivity contribution is 0.178. The lowest BCUT2D eigenvalue weighted by Crippen LogP contribution is -2.11. The minimum atomic E-state index is 0.190. The monoisotopic (exact) mass is 125 g/mol. The maximum absolute atomic E-state index is 5.50. The molecule has 2 nitrogen and oxygen atoms in total. The second-order valence-electron chi connectivity index (χ2n) is 2.05. The van der Waals surface area contributed by atoms with E-state index in [0.717, 1.165) is 12.1 Å². The van der Waals surface area contributed by atoms with E-state index in [1.165, 1.54) is 0 Å². The molecule has 50 valence electrons. The van der Waals surface area contributed by atoms with Crippen LogP contribution in [0.15, 0.2) is 24.1 Å². The SMILES string of the molecule is CCC1C=C(N)C=CO1. The van der Waals surface area contributed by atoms with Gasteiger partial charge < -0.3 is 10.5 Å². The summed E-state index contributed by atoms with van der Waals surface area (Å²) >= 11 is 0. The highest BCUT2D eigenvalue weighted by Gasteiger charge is 2.03. The normalized spacial score (nSPS) is 25.0. The molecule has 0 saturated carbocycles. The predicted octanol–water partition coefficient (Wildman–Crippen LogP) is 1.15. The van der Waals surface area contributed by atoms with Crippen LogP contribution in [-0.2, 0) is 4.74 Å². The number of nitrogens with two attached hydrogens (primary N) is 1. The molecule has 1 rings (SSSR count). The largest absolute Gasteiger partial charge is 0.494 e. The van der Waals surface area contributed by atoms with Gasteiger partial charge in [-0.1, -0.05) is 6.92 Å². The number of allylic oxidation sites excluding steroid dienone is 1. The summed E-state index contributed by atoms with van der Waals surface area (Å²) in [5, 5.41) is 0. The van der Waals surface area contributed by atoms with Gasteiger partial charge in [-0.25, -0.2) is 0 Å². The molecule has 9 heavy (non-hydrogen) atoms. The van der Waals surface area contributed by atoms with E-state index in [1.807, 2.05) is 6.08 Å². The van der Waals surface area contributed by atoms with Gasteiger partial charge in [0.25, 0.3) is 0 Å². The lowest BCUT2D eigenvalue weighted by atomic mass is 10.2. The van der Waals surface area contributed by atoms with E-state index >= 15 is 0 Å². The molecule has 1 atom stereocenters. The molecule has 0 aliphatic carbocycles. The first-order valence-corrected chi connectivity index (χ1v) is 3.12. The van der Waals surface area contributed by atoms with Crippen LogP contribution in [0, 0.1) is 0 Å². The number of rotatable bonds is 1. The van der Waals surface area contributed by atoms with Crippen LogP contribution in [0.5, 0.6) is 0 Å². The topological polar surface area (TPSA) is 35.2 Å². The Morgan fingerprint density at radius 2 is 2.56 bits per heavy atom. The van der Waals surface area contributed by atoms with Crippen molar-refractivity contribution in [3.63, 3.8) is 0 Å². The van der Waals surface area contributed by atoms with Gasteiger partial charge >= 0.3 is 0 Å². The Hall–Kier alpha value is -0.920. The van der Waals surface area contributed by atoms with Gasteiger partial charge in [-0.2, -0.15) is 0 Å². The molecule has 0 spiro atoms. The Bertz CT molecular complexity index is 149. The van der Waals surface area contributed by atoms with E-state index in [9.17, 15) is 0 Å². The Balaban J connectivity index is 2.55. The standard InChI is InChI=1S/C7H11NO/c1-2-7-5-6(8)3-4-9-7/h3-5,7H,2,8H2,1H3. The van der Waals surface area contributed by atoms with E-state index in [4.69, 9.17) is 10.5 Å². The first-order valence-electron chi connectivity index (χ1n) is 3.12. The van der Waals surface area contributed by atoms with E-state index < -0.39 is 0 Å². The second-order valence-corrected chi connectivity index (χ2v) is 2.05. The summed E-state index contributed by atoms with van der Waals surface area (Å²) in [4.78, 5) is 0. The highest BCUT2D eigenvalue weighted by Crippen LogP contribution is 2.07. The van der Waals surface area contributed by atoms with Crippen molar-refractivity contribution in [3.05, 3.63) is 24.1 Å². The summed E-state index contributed by atoms with van der Waals surface area (Å²) in [6.07, 6.45) is 6.48. The van der Waals surface area contributed by atoms with Gasteiger partial charge in [0.2, 0.25) is 0 Å². The van der Waals surface area contributed by atoms with Crippen LogP contribution >= 0.6 is 0 Å². The molecule has 0 fully saturated rings. The van der Waals surface area contributed by atoms with Crippen LogP contribution in [0.3, 0.4) is 0 Å². The quantitative estimate of drug-likeness (QED) is 0.570. The number of hydrogen-bond acceptors (Lipinski definition) is 2. The van der Waals surface area contributed by atoms with Gasteiger partial charge in [0.05, 0.1) is 6.26 Å². The zero-order valence-electron chi connectivity index (χ0n) is 5.50. The summed E-state index contributed by atoms with van der Waals surface area (Å²) in [7, 11) is 0. The summed E-state index contributed by atoms with van der Waals surface area (Å²) in [5.74, 6) is 0. The molecule has 0 saturated heterocycles. The fourth-order valence-corrected chi connectivity index (χ4v) is 0.742. The van der Waals surface area contributed by atoms with Gasteiger partial charge in [0.15, 0.2) is 0 Å². The van der Waals surface area contributed by atoms with Crippen LogP contribution in [0.1, 0.15) is 13.3 Å². The van der Waals surface area contributed by atoms with Gasteiger partial charge in [0, 0.05) is 5.70 Å². The van der Waals surface area contributed by atoms with Crippen molar-refractivity contribution in [2.24, 2.45) is 5.73 Å². The molecule has 0 radical (unpaired) electrons. The highest BCUT2D eigenvalue weighted by molar-refractivity contribution is 5.17. The van der Waals surface area contributed by atoms with Crippen molar-refractivity contribution in [3.8, 4) is 0 Å². The van der Waals surface area contributed by atoms with Gasteiger partial charge in [0.1, 0.15) is 6.10 Å². The Morgan fingerprint density at radius 1 is 1.78 bits per heavy atom. The lowest BCUT2D eigenvalue weighted by Gasteiger charge is -2.13. The molecule has 0 aromatic carbocycles. The predicted molar refractivity (Wildman–Crippen MR) is 36.6 cm³/mol. The molecular weight excluding hydrogens is 114 g/mol. The fourth-order valence-electron chi connectivity index (χ4n) is 0.742. The van der Waals surface area contributed by atoms with Gasteiger partial charge in [-0.05, 0) is 18.6 Å². The van der Waals surface area contributed by atoms with Crippen molar-refractivity contribution >= 4 is 0 Å². The van der Waals surface area contributed by atoms with E-state index in [2.05, 4.69) is 6.92 Å². The summed E-state index contributed by atoms with van der Waals surface area (Å²) in [6.45, 7) is 2.06. The average molecular weight is 125 g/mol. The van der Waals surface area contributed by atoms with Crippen molar-refractivity contribution in [1.29, 1.82) is 0 Å². The first-order chi connectivity index (χ1) is 4.33. The molecule has 0 aromatic rings. The van der Waals surface area contributed by atoms with Gasteiger partial charge in [-0.3, -0.25) is 0 Å². The zero-order valence-corrected chi connectivity index (χ0v) is 5.50. The Kier molecular flexibility index (Phi) is 1.78. The van der Waals surface area contributed by atoms with Crippen LogP contribution in [0.4, 0.5) is 0 Å². The summed E-state index contributed by atoms with van der Waals surface area (Å²) < 4.78 is 5.16.